The van der Waals surface area contributed by atoms with Gasteiger partial charge in [0.25, 0.3) is 0 Å². The lowest BCUT2D eigenvalue weighted by Crippen LogP contribution is -2.00. The van der Waals surface area contributed by atoms with Crippen LogP contribution in [0.2, 0.25) is 0 Å². The number of aryl methyl sites for hydroxylation is 1. The van der Waals surface area contributed by atoms with E-state index in [1.165, 1.54) is 6.92 Å². The fourth-order valence-electron chi connectivity index (χ4n) is 1.01. The molecule has 1 aromatic rings. The minimum atomic E-state index is -0.0146. The van der Waals surface area contributed by atoms with Crippen LogP contribution in [0.15, 0.2) is 6.20 Å². The topological polar surface area (TPSA) is 44.1 Å². The van der Waals surface area contributed by atoms with Crippen LogP contribution < -0.4 is 4.74 Å². The maximum absolute atomic E-state index is 11.1. The van der Waals surface area contributed by atoms with Gasteiger partial charge in [-0.15, -0.1) is 5.10 Å². The Kier molecular flexibility index (Phi) is 3.06. The molecule has 4 nitrogen and oxygen atoms in total. The molecule has 0 aromatic carbocycles. The second-order valence-electron chi connectivity index (χ2n) is 2.93. The Morgan fingerprint density at radius 2 is 2.38 bits per heavy atom. The normalized spacial score (nSPS) is 10.1. The van der Waals surface area contributed by atoms with Crippen molar-refractivity contribution in [1.82, 2.24) is 9.78 Å². The number of ether oxygens (including phenoxy) is 1. The van der Waals surface area contributed by atoms with Gasteiger partial charge in [-0.3, -0.25) is 9.48 Å². The summed E-state index contributed by atoms with van der Waals surface area (Å²) in [5.74, 6) is 0.427. The van der Waals surface area contributed by atoms with E-state index in [1.807, 2.05) is 6.92 Å². The van der Waals surface area contributed by atoms with E-state index in [2.05, 4.69) is 5.10 Å². The number of carbonyl (C=O) groups excluding carboxylic acids is 1. The lowest BCUT2D eigenvalue weighted by molar-refractivity contribution is 0.101. The molecule has 0 aliphatic rings. The molecule has 0 saturated carbocycles. The summed E-state index contributed by atoms with van der Waals surface area (Å²) >= 11 is 0. The molecule has 1 aromatic heterocycles. The first-order valence-corrected chi connectivity index (χ1v) is 4.32. The van der Waals surface area contributed by atoms with Crippen molar-refractivity contribution in [1.29, 1.82) is 0 Å². The largest absolute Gasteiger partial charge is 0.476 e. The first-order valence-electron chi connectivity index (χ1n) is 4.32. The predicted molar refractivity (Wildman–Crippen MR) is 49.0 cm³/mol. The monoisotopic (exact) mass is 182 g/mol. The van der Waals surface area contributed by atoms with Crippen molar-refractivity contribution >= 4 is 5.78 Å². The van der Waals surface area contributed by atoms with Gasteiger partial charge in [-0.25, -0.2) is 0 Å². The molecule has 0 saturated heterocycles. The van der Waals surface area contributed by atoms with Crippen molar-refractivity contribution in [3.05, 3.63) is 11.8 Å². The molecule has 0 radical (unpaired) electrons. The molecule has 0 aliphatic heterocycles. The number of rotatable bonds is 4. The first-order chi connectivity index (χ1) is 6.15. The van der Waals surface area contributed by atoms with E-state index < -0.39 is 0 Å². The molecule has 0 fully saturated rings. The highest BCUT2D eigenvalue weighted by Crippen LogP contribution is 2.15. The van der Waals surface area contributed by atoms with E-state index in [1.54, 1.807) is 17.9 Å². The molecule has 1 heterocycles. The summed E-state index contributed by atoms with van der Waals surface area (Å²) in [7, 11) is 1.77. The summed E-state index contributed by atoms with van der Waals surface area (Å²) in [6.45, 7) is 4.11. The zero-order valence-corrected chi connectivity index (χ0v) is 8.20. The van der Waals surface area contributed by atoms with Crippen LogP contribution in [0.1, 0.15) is 30.6 Å². The fourth-order valence-corrected chi connectivity index (χ4v) is 1.01. The first kappa shape index (κ1) is 9.77. The van der Waals surface area contributed by atoms with Gasteiger partial charge in [-0.05, 0) is 13.3 Å². The molecule has 13 heavy (non-hydrogen) atoms. The molecule has 0 amide bonds. The number of nitrogens with zero attached hydrogens (tertiary/aromatic N) is 2. The Morgan fingerprint density at radius 1 is 1.69 bits per heavy atom. The van der Waals surface area contributed by atoms with Crippen molar-refractivity contribution in [2.45, 2.75) is 20.3 Å². The van der Waals surface area contributed by atoms with Crippen LogP contribution in [-0.4, -0.2) is 22.2 Å². The molecule has 0 spiro atoms. The highest BCUT2D eigenvalue weighted by atomic mass is 16.5. The van der Waals surface area contributed by atoms with Gasteiger partial charge in [-0.2, -0.15) is 0 Å². The zero-order valence-electron chi connectivity index (χ0n) is 8.20. The van der Waals surface area contributed by atoms with Gasteiger partial charge in [0.15, 0.2) is 5.78 Å². The van der Waals surface area contributed by atoms with Gasteiger partial charge in [0.05, 0.1) is 12.2 Å². The van der Waals surface area contributed by atoms with Gasteiger partial charge < -0.3 is 4.74 Å². The maximum Gasteiger partial charge on any atom is 0.243 e. The quantitative estimate of drug-likeness (QED) is 0.661. The Hall–Kier alpha value is -1.32. The summed E-state index contributed by atoms with van der Waals surface area (Å²) in [5, 5.41) is 4.04. The number of aromatic nitrogens is 2. The second kappa shape index (κ2) is 4.07. The molecule has 72 valence electrons. The van der Waals surface area contributed by atoms with E-state index in [-0.39, 0.29) is 5.78 Å². The third-order valence-corrected chi connectivity index (χ3v) is 1.62. The van der Waals surface area contributed by atoms with Crippen molar-refractivity contribution in [2.24, 2.45) is 7.05 Å². The lowest BCUT2D eigenvalue weighted by atomic mass is 10.2. The van der Waals surface area contributed by atoms with E-state index in [9.17, 15) is 4.79 Å². The minimum absolute atomic E-state index is 0.0146. The van der Waals surface area contributed by atoms with Gasteiger partial charge in [0, 0.05) is 13.2 Å². The number of Topliss-reactive ketones (excluding diaryl/α,β-unsaturated/α-hetero) is 1. The molecule has 0 aliphatic carbocycles. The van der Waals surface area contributed by atoms with Gasteiger partial charge in [-0.1, -0.05) is 6.92 Å². The Bertz CT molecular complexity index is 305. The summed E-state index contributed by atoms with van der Waals surface area (Å²) in [6.07, 6.45) is 2.58. The van der Waals surface area contributed by atoms with Crippen LogP contribution in [0.4, 0.5) is 0 Å². The van der Waals surface area contributed by atoms with E-state index in [4.69, 9.17) is 4.74 Å². The molecular formula is C9H14N2O2. The third kappa shape index (κ3) is 2.31. The smallest absolute Gasteiger partial charge is 0.243 e. The summed E-state index contributed by atoms with van der Waals surface area (Å²) < 4.78 is 6.90. The van der Waals surface area contributed by atoms with Crippen LogP contribution in [0.25, 0.3) is 0 Å². The van der Waals surface area contributed by atoms with E-state index >= 15 is 0 Å². The highest BCUT2D eigenvalue weighted by molar-refractivity contribution is 5.96. The highest BCUT2D eigenvalue weighted by Gasteiger charge is 2.12. The van der Waals surface area contributed by atoms with Gasteiger partial charge >= 0.3 is 0 Å². The number of hydrogen-bond acceptors (Lipinski definition) is 3. The van der Waals surface area contributed by atoms with Crippen LogP contribution in [0.5, 0.6) is 5.88 Å². The maximum atomic E-state index is 11.1. The third-order valence-electron chi connectivity index (χ3n) is 1.62. The molecular weight excluding hydrogens is 168 g/mol. The van der Waals surface area contributed by atoms with E-state index in [0.717, 1.165) is 6.42 Å². The fraction of sp³-hybridized carbons (Fsp3) is 0.556. The van der Waals surface area contributed by atoms with E-state index in [0.29, 0.717) is 18.1 Å². The summed E-state index contributed by atoms with van der Waals surface area (Å²) in [6, 6.07) is 0. The molecule has 4 heteroatoms. The second-order valence-corrected chi connectivity index (χ2v) is 2.93. The van der Waals surface area contributed by atoms with Crippen molar-refractivity contribution < 1.29 is 9.53 Å². The van der Waals surface area contributed by atoms with Gasteiger partial charge in [0.2, 0.25) is 5.88 Å². The van der Waals surface area contributed by atoms with Crippen LogP contribution in [-0.2, 0) is 7.05 Å². The van der Waals surface area contributed by atoms with Gasteiger partial charge in [0.1, 0.15) is 0 Å². The van der Waals surface area contributed by atoms with Crippen molar-refractivity contribution in [3.63, 3.8) is 0 Å². The van der Waals surface area contributed by atoms with Crippen LogP contribution in [0, 0.1) is 0 Å². The molecule has 0 atom stereocenters. The molecule has 0 N–H and O–H groups in total. The average Bonchev–Trinajstić information content (AvgIpc) is 2.43. The standard InChI is InChI=1S/C9H14N2O2/c1-4-5-13-9-8(7(2)12)6-11(3)10-9/h6H,4-5H2,1-3H3. The number of carbonyl (C=O) groups is 1. The van der Waals surface area contributed by atoms with Crippen molar-refractivity contribution in [3.8, 4) is 5.88 Å². The Labute approximate surface area is 77.5 Å². The van der Waals surface area contributed by atoms with Crippen LogP contribution in [0.3, 0.4) is 0 Å². The van der Waals surface area contributed by atoms with Crippen molar-refractivity contribution in [2.75, 3.05) is 6.61 Å². The molecule has 0 bridgehead atoms. The summed E-state index contributed by atoms with van der Waals surface area (Å²) in [4.78, 5) is 11.1. The Balaban J connectivity index is 2.84. The predicted octanol–water partition coefficient (Wildman–Crippen LogP) is 1.41. The number of hydrogen-bond donors (Lipinski definition) is 0. The molecule has 1 rings (SSSR count). The minimum Gasteiger partial charge on any atom is -0.476 e. The zero-order chi connectivity index (χ0) is 9.84. The van der Waals surface area contributed by atoms with Crippen LogP contribution >= 0.6 is 0 Å². The summed E-state index contributed by atoms with van der Waals surface area (Å²) in [5.41, 5.74) is 0.552. The Morgan fingerprint density at radius 3 is 2.92 bits per heavy atom. The average molecular weight is 182 g/mol. The molecule has 0 unspecified atom stereocenters. The SMILES string of the molecule is CCCOc1nn(C)cc1C(C)=O. The lowest BCUT2D eigenvalue weighted by Gasteiger charge is -2.00. The number of ketones is 1.